The zero-order valence-electron chi connectivity index (χ0n) is 8.68. The number of nitrogens with two attached hydrogens (primary N) is 1. The maximum atomic E-state index is 11.3. The van der Waals surface area contributed by atoms with E-state index in [0.717, 1.165) is 0 Å². The van der Waals surface area contributed by atoms with Crippen LogP contribution in [0.15, 0.2) is 29.2 Å². The highest BCUT2D eigenvalue weighted by atomic mass is 16.2. The van der Waals surface area contributed by atoms with Crippen molar-refractivity contribution in [1.82, 2.24) is 9.88 Å². The molecule has 0 radical (unpaired) electrons. The molecule has 0 spiro atoms. The van der Waals surface area contributed by atoms with Crippen molar-refractivity contribution in [1.29, 1.82) is 0 Å². The Kier molecular flexibility index (Phi) is 4.26. The topological polar surface area (TPSA) is 94.2 Å². The van der Waals surface area contributed by atoms with Crippen molar-refractivity contribution in [2.24, 2.45) is 5.73 Å². The van der Waals surface area contributed by atoms with Crippen LogP contribution in [0.25, 0.3) is 0 Å². The predicted octanol–water partition coefficient (Wildman–Crippen LogP) is -1.16. The molecule has 16 heavy (non-hydrogen) atoms. The Bertz CT molecular complexity index is 439. The number of nitrogens with one attached hydrogen (secondary N) is 1. The maximum Gasteiger partial charge on any atom is 0.250 e. The van der Waals surface area contributed by atoms with Gasteiger partial charge >= 0.3 is 0 Å². The minimum atomic E-state index is -0.592. The molecule has 0 saturated heterocycles. The second-order valence-corrected chi connectivity index (χ2v) is 3.23. The van der Waals surface area contributed by atoms with Crippen LogP contribution in [0.3, 0.4) is 0 Å². The second kappa shape index (κ2) is 5.69. The largest absolute Gasteiger partial charge is 0.368 e. The van der Waals surface area contributed by atoms with Gasteiger partial charge in [0.25, 0.3) is 5.56 Å². The standard InChI is InChI=1S/C10H13N3O3/c11-8(14)7-12-9(15)4-6-13-5-2-1-3-10(13)16/h1-3,5H,4,6-7H2,(H2,11,14)(H,12,15). The molecule has 86 valence electrons. The smallest absolute Gasteiger partial charge is 0.250 e. The highest BCUT2D eigenvalue weighted by Crippen LogP contribution is 1.87. The van der Waals surface area contributed by atoms with Crippen molar-refractivity contribution >= 4 is 11.8 Å². The number of carbonyl (C=O) groups excluding carboxylic acids is 2. The number of pyridine rings is 1. The van der Waals surface area contributed by atoms with Crippen molar-refractivity contribution in [3.8, 4) is 0 Å². The minimum Gasteiger partial charge on any atom is -0.368 e. The van der Waals surface area contributed by atoms with E-state index in [1.54, 1.807) is 18.3 Å². The Balaban J connectivity index is 2.40. The fourth-order valence-electron chi connectivity index (χ4n) is 1.14. The molecule has 3 N–H and O–H groups in total. The van der Waals surface area contributed by atoms with Gasteiger partial charge in [0.05, 0.1) is 6.54 Å². The van der Waals surface area contributed by atoms with Gasteiger partial charge in [0.2, 0.25) is 11.8 Å². The summed E-state index contributed by atoms with van der Waals surface area (Å²) in [6.45, 7) is 0.104. The summed E-state index contributed by atoms with van der Waals surface area (Å²) >= 11 is 0. The van der Waals surface area contributed by atoms with Gasteiger partial charge in [-0.3, -0.25) is 14.4 Å². The lowest BCUT2D eigenvalue weighted by Gasteiger charge is -2.05. The van der Waals surface area contributed by atoms with Gasteiger partial charge in [0.15, 0.2) is 0 Å². The fourth-order valence-corrected chi connectivity index (χ4v) is 1.14. The van der Waals surface area contributed by atoms with E-state index >= 15 is 0 Å². The Morgan fingerprint density at radius 1 is 1.38 bits per heavy atom. The molecule has 6 heteroatoms. The molecule has 0 bridgehead atoms. The van der Waals surface area contributed by atoms with Crippen LogP contribution < -0.4 is 16.6 Å². The Morgan fingerprint density at radius 2 is 2.12 bits per heavy atom. The Hall–Kier alpha value is -2.11. The van der Waals surface area contributed by atoms with Gasteiger partial charge in [0.1, 0.15) is 0 Å². The van der Waals surface area contributed by atoms with E-state index in [1.807, 2.05) is 0 Å². The Morgan fingerprint density at radius 3 is 2.75 bits per heavy atom. The van der Waals surface area contributed by atoms with Crippen molar-refractivity contribution in [3.63, 3.8) is 0 Å². The molecular weight excluding hydrogens is 210 g/mol. The van der Waals surface area contributed by atoms with Crippen LogP contribution in [0.5, 0.6) is 0 Å². The van der Waals surface area contributed by atoms with Crippen LogP contribution in [-0.4, -0.2) is 22.9 Å². The van der Waals surface area contributed by atoms with Gasteiger partial charge in [0, 0.05) is 25.2 Å². The molecule has 0 aliphatic heterocycles. The lowest BCUT2D eigenvalue weighted by molar-refractivity contribution is -0.124. The molecule has 0 saturated carbocycles. The van der Waals surface area contributed by atoms with Crippen molar-refractivity contribution < 1.29 is 9.59 Å². The summed E-state index contributed by atoms with van der Waals surface area (Å²) in [5, 5.41) is 2.34. The van der Waals surface area contributed by atoms with Crippen LogP contribution >= 0.6 is 0 Å². The highest BCUT2D eigenvalue weighted by molar-refractivity contribution is 5.83. The Labute approximate surface area is 92.1 Å². The molecule has 0 unspecified atom stereocenters. The first-order chi connectivity index (χ1) is 7.59. The van der Waals surface area contributed by atoms with Gasteiger partial charge in [-0.1, -0.05) is 6.07 Å². The first kappa shape index (κ1) is 12.0. The lowest BCUT2D eigenvalue weighted by atomic mass is 10.3. The summed E-state index contributed by atoms with van der Waals surface area (Å²) < 4.78 is 1.42. The van der Waals surface area contributed by atoms with E-state index < -0.39 is 5.91 Å². The first-order valence-corrected chi connectivity index (χ1v) is 4.80. The molecule has 1 rings (SSSR count). The number of aryl methyl sites for hydroxylation is 1. The van der Waals surface area contributed by atoms with Gasteiger partial charge < -0.3 is 15.6 Å². The molecule has 1 aromatic heterocycles. The van der Waals surface area contributed by atoms with Crippen molar-refractivity contribution in [3.05, 3.63) is 34.7 Å². The third-order valence-electron chi connectivity index (χ3n) is 1.94. The molecule has 1 heterocycles. The maximum absolute atomic E-state index is 11.3. The molecule has 0 aromatic carbocycles. The molecule has 0 fully saturated rings. The van der Waals surface area contributed by atoms with Gasteiger partial charge in [-0.15, -0.1) is 0 Å². The quantitative estimate of drug-likeness (QED) is 0.659. The lowest BCUT2D eigenvalue weighted by Crippen LogP contribution is -2.34. The number of rotatable bonds is 5. The number of hydrogen-bond donors (Lipinski definition) is 2. The average molecular weight is 223 g/mol. The van der Waals surface area contributed by atoms with Crippen LogP contribution in [0, 0.1) is 0 Å². The normalized spacial score (nSPS) is 9.75. The first-order valence-electron chi connectivity index (χ1n) is 4.80. The average Bonchev–Trinajstić information content (AvgIpc) is 2.25. The summed E-state index contributed by atoms with van der Waals surface area (Å²) in [4.78, 5) is 32.8. The summed E-state index contributed by atoms with van der Waals surface area (Å²) in [7, 11) is 0. The van der Waals surface area contributed by atoms with Crippen LogP contribution in [-0.2, 0) is 16.1 Å². The third-order valence-corrected chi connectivity index (χ3v) is 1.94. The molecule has 0 atom stereocenters. The van der Waals surface area contributed by atoms with Crippen LogP contribution in [0.4, 0.5) is 0 Å². The molecule has 0 aliphatic carbocycles. The number of hydrogen-bond acceptors (Lipinski definition) is 3. The number of primary amides is 1. The monoisotopic (exact) mass is 223 g/mol. The summed E-state index contributed by atoms with van der Waals surface area (Å²) in [5.41, 5.74) is 4.70. The number of carbonyl (C=O) groups is 2. The van der Waals surface area contributed by atoms with Gasteiger partial charge in [-0.05, 0) is 6.07 Å². The van der Waals surface area contributed by atoms with Gasteiger partial charge in [-0.2, -0.15) is 0 Å². The molecule has 0 aliphatic rings. The van der Waals surface area contributed by atoms with E-state index in [0.29, 0.717) is 0 Å². The van der Waals surface area contributed by atoms with Crippen LogP contribution in [0.1, 0.15) is 6.42 Å². The SMILES string of the molecule is NC(=O)CNC(=O)CCn1ccccc1=O. The number of aromatic nitrogens is 1. The van der Waals surface area contributed by atoms with E-state index in [9.17, 15) is 14.4 Å². The zero-order chi connectivity index (χ0) is 12.0. The second-order valence-electron chi connectivity index (χ2n) is 3.23. The highest BCUT2D eigenvalue weighted by Gasteiger charge is 2.03. The van der Waals surface area contributed by atoms with E-state index in [1.165, 1.54) is 10.6 Å². The van der Waals surface area contributed by atoms with Crippen molar-refractivity contribution in [2.45, 2.75) is 13.0 Å². The molecule has 2 amide bonds. The summed E-state index contributed by atoms with van der Waals surface area (Å²) in [5.74, 6) is -0.903. The van der Waals surface area contributed by atoms with Gasteiger partial charge in [-0.25, -0.2) is 0 Å². The summed E-state index contributed by atoms with van der Waals surface area (Å²) in [6.07, 6.45) is 1.74. The summed E-state index contributed by atoms with van der Waals surface area (Å²) in [6, 6.07) is 4.76. The molecular formula is C10H13N3O3. The number of nitrogens with zero attached hydrogens (tertiary/aromatic N) is 1. The minimum absolute atomic E-state index is 0.136. The van der Waals surface area contributed by atoms with Crippen molar-refractivity contribution in [2.75, 3.05) is 6.54 Å². The zero-order valence-corrected chi connectivity index (χ0v) is 8.68. The van der Waals surface area contributed by atoms with Crippen LogP contribution in [0.2, 0.25) is 0 Å². The predicted molar refractivity (Wildman–Crippen MR) is 57.5 cm³/mol. The number of amides is 2. The molecule has 1 aromatic rings. The third kappa shape index (κ3) is 3.95. The van der Waals surface area contributed by atoms with E-state index in [2.05, 4.69) is 5.32 Å². The molecule has 6 nitrogen and oxygen atoms in total. The van der Waals surface area contributed by atoms with E-state index in [-0.39, 0.29) is 31.0 Å². The fraction of sp³-hybridized carbons (Fsp3) is 0.300. The van der Waals surface area contributed by atoms with E-state index in [4.69, 9.17) is 5.73 Å².